The summed E-state index contributed by atoms with van der Waals surface area (Å²) in [5, 5.41) is 3.46. The molecule has 2 nitrogen and oxygen atoms in total. The first-order valence-corrected chi connectivity index (χ1v) is 7.11. The molecule has 0 radical (unpaired) electrons. The molecule has 2 aliphatic heterocycles. The summed E-state index contributed by atoms with van der Waals surface area (Å²) < 4.78 is 2.60. The van der Waals surface area contributed by atoms with E-state index in [0.717, 1.165) is 12.0 Å². The molecular formula is C12H24N2S. The Morgan fingerprint density at radius 3 is 2.47 bits per heavy atom. The Balaban J connectivity index is 2.07. The van der Waals surface area contributed by atoms with E-state index in [4.69, 9.17) is 0 Å². The zero-order valence-corrected chi connectivity index (χ0v) is 11.2. The van der Waals surface area contributed by atoms with Gasteiger partial charge in [-0.1, -0.05) is 18.9 Å². The fourth-order valence-corrected chi connectivity index (χ4v) is 4.43. The second kappa shape index (κ2) is 4.27. The fraction of sp³-hybridized carbons (Fsp3) is 1.00. The summed E-state index contributed by atoms with van der Waals surface area (Å²) >= 11 is 2.08. The van der Waals surface area contributed by atoms with Gasteiger partial charge < -0.3 is 5.32 Å². The van der Waals surface area contributed by atoms with Crippen LogP contribution in [-0.2, 0) is 0 Å². The predicted octanol–water partition coefficient (Wildman–Crippen LogP) is 2.36. The smallest absolute Gasteiger partial charge is 0.0179 e. The Morgan fingerprint density at radius 1 is 1.33 bits per heavy atom. The van der Waals surface area contributed by atoms with E-state index in [0.29, 0.717) is 11.5 Å². The summed E-state index contributed by atoms with van der Waals surface area (Å²) in [6, 6.07) is 1.39. The maximum absolute atomic E-state index is 3.46. The third-order valence-electron chi connectivity index (χ3n) is 4.14. The van der Waals surface area contributed by atoms with Crippen LogP contribution < -0.4 is 5.32 Å². The van der Waals surface area contributed by atoms with Crippen molar-refractivity contribution >= 4 is 11.9 Å². The van der Waals surface area contributed by atoms with Gasteiger partial charge >= 0.3 is 0 Å². The Hall–Kier alpha value is 0.270. The maximum Gasteiger partial charge on any atom is 0.0179 e. The average molecular weight is 228 g/mol. The van der Waals surface area contributed by atoms with Gasteiger partial charge in [0, 0.05) is 36.3 Å². The van der Waals surface area contributed by atoms with Gasteiger partial charge in [-0.3, -0.25) is 0 Å². The molecule has 1 spiro atoms. The molecule has 2 atom stereocenters. The van der Waals surface area contributed by atoms with Crippen molar-refractivity contribution in [3.05, 3.63) is 0 Å². The third kappa shape index (κ3) is 2.06. The molecule has 2 aliphatic rings. The first-order valence-electron chi connectivity index (χ1n) is 6.17. The Morgan fingerprint density at radius 2 is 2.00 bits per heavy atom. The molecular weight excluding hydrogens is 204 g/mol. The van der Waals surface area contributed by atoms with Gasteiger partial charge in [-0.15, -0.1) is 0 Å². The lowest BCUT2D eigenvalue weighted by Gasteiger charge is -2.46. The topological polar surface area (TPSA) is 15.3 Å². The predicted molar refractivity (Wildman–Crippen MR) is 68.0 cm³/mol. The van der Waals surface area contributed by atoms with E-state index in [9.17, 15) is 0 Å². The monoisotopic (exact) mass is 228 g/mol. The molecule has 0 bridgehead atoms. The van der Waals surface area contributed by atoms with Crippen molar-refractivity contribution in [3.8, 4) is 0 Å². The highest BCUT2D eigenvalue weighted by molar-refractivity contribution is 7.97. The van der Waals surface area contributed by atoms with Crippen LogP contribution in [0, 0.1) is 11.3 Å². The van der Waals surface area contributed by atoms with Gasteiger partial charge in [0.1, 0.15) is 0 Å². The van der Waals surface area contributed by atoms with Crippen LogP contribution >= 0.6 is 11.9 Å². The van der Waals surface area contributed by atoms with E-state index >= 15 is 0 Å². The van der Waals surface area contributed by atoms with Crippen LogP contribution in [0.25, 0.3) is 0 Å². The summed E-state index contributed by atoms with van der Waals surface area (Å²) in [6.07, 6.45) is 1.35. The van der Waals surface area contributed by atoms with Gasteiger partial charge in [0.05, 0.1) is 0 Å². The van der Waals surface area contributed by atoms with E-state index < -0.39 is 0 Å². The average Bonchev–Trinajstić information content (AvgIpc) is 2.19. The quantitative estimate of drug-likeness (QED) is 0.694. The zero-order chi connectivity index (χ0) is 11.1. The molecule has 2 fully saturated rings. The lowest BCUT2D eigenvalue weighted by molar-refractivity contribution is 0.105. The minimum absolute atomic E-state index is 0.600. The highest BCUT2D eigenvalue weighted by Gasteiger charge is 2.45. The van der Waals surface area contributed by atoms with Gasteiger partial charge in [-0.25, -0.2) is 4.31 Å². The summed E-state index contributed by atoms with van der Waals surface area (Å²) in [5.74, 6) is 2.17. The molecule has 0 aromatic rings. The van der Waals surface area contributed by atoms with Crippen LogP contribution in [0.1, 0.15) is 34.1 Å². The van der Waals surface area contributed by atoms with Crippen molar-refractivity contribution in [2.75, 3.05) is 18.8 Å². The van der Waals surface area contributed by atoms with Crippen molar-refractivity contribution in [2.24, 2.45) is 11.3 Å². The van der Waals surface area contributed by atoms with Crippen LogP contribution in [0.15, 0.2) is 0 Å². The number of rotatable bonds is 1. The zero-order valence-electron chi connectivity index (χ0n) is 10.4. The van der Waals surface area contributed by atoms with E-state index in [1.807, 2.05) is 0 Å². The van der Waals surface area contributed by atoms with Crippen molar-refractivity contribution in [1.82, 2.24) is 9.62 Å². The van der Waals surface area contributed by atoms with Crippen molar-refractivity contribution < 1.29 is 0 Å². The Labute approximate surface area is 98.3 Å². The molecule has 15 heavy (non-hydrogen) atoms. The second-order valence-electron chi connectivity index (χ2n) is 5.68. The van der Waals surface area contributed by atoms with E-state index in [2.05, 4.69) is 49.3 Å². The summed E-state index contributed by atoms with van der Waals surface area (Å²) in [5.41, 5.74) is 0.600. The van der Waals surface area contributed by atoms with E-state index in [-0.39, 0.29) is 0 Å². The van der Waals surface area contributed by atoms with Gasteiger partial charge in [0.2, 0.25) is 0 Å². The molecule has 2 heterocycles. The second-order valence-corrected chi connectivity index (χ2v) is 6.65. The molecule has 0 aromatic carbocycles. The number of hydrogen-bond donors (Lipinski definition) is 1. The van der Waals surface area contributed by atoms with E-state index in [1.54, 1.807) is 0 Å². The van der Waals surface area contributed by atoms with E-state index in [1.165, 1.54) is 25.3 Å². The van der Waals surface area contributed by atoms with Crippen molar-refractivity contribution in [3.63, 3.8) is 0 Å². The highest BCUT2D eigenvalue weighted by Crippen LogP contribution is 2.43. The normalized spacial score (nSPS) is 36.6. The lowest BCUT2D eigenvalue weighted by Crippen LogP contribution is -2.58. The summed E-state index contributed by atoms with van der Waals surface area (Å²) in [6.45, 7) is 11.9. The van der Waals surface area contributed by atoms with Crippen LogP contribution in [0.3, 0.4) is 0 Å². The molecule has 2 unspecified atom stereocenters. The fourth-order valence-electron chi connectivity index (χ4n) is 2.89. The van der Waals surface area contributed by atoms with Gasteiger partial charge in [0.25, 0.3) is 0 Å². The van der Waals surface area contributed by atoms with Crippen LogP contribution in [0.5, 0.6) is 0 Å². The van der Waals surface area contributed by atoms with Gasteiger partial charge in [-0.05, 0) is 33.1 Å². The molecule has 2 saturated heterocycles. The standard InChI is InChI=1S/C12H24N2S/c1-9(2)14-11(4)5-10(3)12(8-15-14)6-13-7-12/h9-11,13H,5-8H2,1-4H3. The number of nitrogens with zero attached hydrogens (tertiary/aromatic N) is 1. The maximum atomic E-state index is 3.46. The third-order valence-corrected chi connectivity index (χ3v) is 5.92. The highest BCUT2D eigenvalue weighted by atomic mass is 32.2. The first kappa shape index (κ1) is 11.7. The Bertz CT molecular complexity index is 226. The SMILES string of the molecule is CC(C)N1SCC2(CNC2)C(C)CC1C. The number of nitrogens with one attached hydrogen (secondary N) is 1. The summed E-state index contributed by atoms with van der Waals surface area (Å²) in [4.78, 5) is 0. The molecule has 0 aromatic heterocycles. The van der Waals surface area contributed by atoms with Crippen LogP contribution in [-0.4, -0.2) is 35.2 Å². The number of hydrogen-bond acceptors (Lipinski definition) is 3. The minimum atomic E-state index is 0.600. The summed E-state index contributed by atoms with van der Waals surface area (Å²) in [7, 11) is 0. The van der Waals surface area contributed by atoms with Crippen molar-refractivity contribution in [1.29, 1.82) is 0 Å². The Kier molecular flexibility index (Phi) is 3.34. The molecule has 88 valence electrons. The minimum Gasteiger partial charge on any atom is -0.315 e. The molecule has 0 aliphatic carbocycles. The van der Waals surface area contributed by atoms with Gasteiger partial charge in [0.15, 0.2) is 0 Å². The lowest BCUT2D eigenvalue weighted by atomic mass is 9.71. The molecule has 1 N–H and O–H groups in total. The van der Waals surface area contributed by atoms with Crippen LogP contribution in [0.2, 0.25) is 0 Å². The van der Waals surface area contributed by atoms with Gasteiger partial charge in [-0.2, -0.15) is 0 Å². The molecule has 3 heteroatoms. The molecule has 0 amide bonds. The largest absolute Gasteiger partial charge is 0.315 e. The first-order chi connectivity index (χ1) is 7.05. The molecule has 0 saturated carbocycles. The molecule has 2 rings (SSSR count). The van der Waals surface area contributed by atoms with Crippen molar-refractivity contribution in [2.45, 2.75) is 46.2 Å². The van der Waals surface area contributed by atoms with Crippen LogP contribution in [0.4, 0.5) is 0 Å².